The Balaban J connectivity index is 2.12. The van der Waals surface area contributed by atoms with Crippen LogP contribution in [0.25, 0.3) is 0 Å². The van der Waals surface area contributed by atoms with Crippen molar-refractivity contribution in [3.05, 3.63) is 23.9 Å². The van der Waals surface area contributed by atoms with Gasteiger partial charge in [-0.2, -0.15) is 0 Å². The average Bonchev–Trinajstić information content (AvgIpc) is 2.88. The van der Waals surface area contributed by atoms with Crippen LogP contribution in [-0.4, -0.2) is 36.3 Å². The first kappa shape index (κ1) is 14.3. The molecule has 106 valence electrons. The standard InChI is InChI=1S/C15H25N3O/c1-3-16-12(2)14-5-4-8-17-15(14)18-9-6-13(11-18)7-10-19/h4-5,8,12-13,16,19H,3,6-7,9-11H2,1-2H3. The van der Waals surface area contributed by atoms with E-state index in [4.69, 9.17) is 5.11 Å². The Kier molecular flexibility index (Phi) is 5.16. The maximum Gasteiger partial charge on any atom is 0.133 e. The van der Waals surface area contributed by atoms with E-state index in [0.29, 0.717) is 18.6 Å². The summed E-state index contributed by atoms with van der Waals surface area (Å²) >= 11 is 0. The van der Waals surface area contributed by atoms with E-state index in [1.807, 2.05) is 12.3 Å². The van der Waals surface area contributed by atoms with Gasteiger partial charge in [0.2, 0.25) is 0 Å². The second-order valence-corrected chi connectivity index (χ2v) is 5.31. The Morgan fingerprint density at radius 2 is 2.42 bits per heavy atom. The van der Waals surface area contributed by atoms with E-state index in [2.05, 4.69) is 35.1 Å². The Labute approximate surface area is 115 Å². The second-order valence-electron chi connectivity index (χ2n) is 5.31. The highest BCUT2D eigenvalue weighted by Gasteiger charge is 2.25. The third-order valence-electron chi connectivity index (χ3n) is 3.92. The van der Waals surface area contributed by atoms with E-state index >= 15 is 0 Å². The molecule has 1 aromatic rings. The van der Waals surface area contributed by atoms with Crippen LogP contribution in [0.15, 0.2) is 18.3 Å². The molecule has 19 heavy (non-hydrogen) atoms. The Bertz CT molecular complexity index is 397. The number of hydrogen-bond donors (Lipinski definition) is 2. The number of aromatic nitrogens is 1. The van der Waals surface area contributed by atoms with Gasteiger partial charge in [-0.15, -0.1) is 0 Å². The zero-order valence-electron chi connectivity index (χ0n) is 12.0. The van der Waals surface area contributed by atoms with Crippen molar-refractivity contribution >= 4 is 5.82 Å². The molecule has 0 bridgehead atoms. The molecule has 0 saturated carbocycles. The van der Waals surface area contributed by atoms with Crippen molar-refractivity contribution in [3.63, 3.8) is 0 Å². The maximum atomic E-state index is 9.05. The molecule has 2 heterocycles. The summed E-state index contributed by atoms with van der Waals surface area (Å²) < 4.78 is 0. The molecular formula is C15H25N3O. The summed E-state index contributed by atoms with van der Waals surface area (Å²) in [4.78, 5) is 6.95. The molecule has 2 unspecified atom stereocenters. The van der Waals surface area contributed by atoms with E-state index in [0.717, 1.165) is 38.3 Å². The topological polar surface area (TPSA) is 48.4 Å². The highest BCUT2D eigenvalue weighted by Crippen LogP contribution is 2.29. The summed E-state index contributed by atoms with van der Waals surface area (Å²) in [6, 6.07) is 4.49. The molecule has 0 amide bonds. The molecular weight excluding hydrogens is 238 g/mol. The number of anilines is 1. The van der Waals surface area contributed by atoms with Gasteiger partial charge in [-0.1, -0.05) is 13.0 Å². The highest BCUT2D eigenvalue weighted by atomic mass is 16.3. The fraction of sp³-hybridized carbons (Fsp3) is 0.667. The number of rotatable bonds is 6. The Morgan fingerprint density at radius 3 is 3.16 bits per heavy atom. The van der Waals surface area contributed by atoms with Crippen molar-refractivity contribution in [1.82, 2.24) is 10.3 Å². The summed E-state index contributed by atoms with van der Waals surface area (Å²) in [5.41, 5.74) is 1.27. The van der Waals surface area contributed by atoms with Gasteiger partial charge >= 0.3 is 0 Å². The minimum Gasteiger partial charge on any atom is -0.396 e. The van der Waals surface area contributed by atoms with E-state index in [9.17, 15) is 0 Å². The van der Waals surface area contributed by atoms with E-state index in [1.165, 1.54) is 5.56 Å². The molecule has 2 N–H and O–H groups in total. The van der Waals surface area contributed by atoms with Crippen LogP contribution in [0.3, 0.4) is 0 Å². The SMILES string of the molecule is CCNC(C)c1cccnc1N1CCC(CCO)C1. The van der Waals surface area contributed by atoms with Crippen LogP contribution in [-0.2, 0) is 0 Å². The Hall–Kier alpha value is -1.13. The normalized spacial score (nSPS) is 20.8. The first-order chi connectivity index (χ1) is 9.26. The van der Waals surface area contributed by atoms with Crippen LogP contribution >= 0.6 is 0 Å². The van der Waals surface area contributed by atoms with Crippen molar-refractivity contribution in [3.8, 4) is 0 Å². The van der Waals surface area contributed by atoms with E-state index in [-0.39, 0.29) is 0 Å². The molecule has 1 fully saturated rings. The van der Waals surface area contributed by atoms with Gasteiger partial charge in [-0.3, -0.25) is 0 Å². The zero-order chi connectivity index (χ0) is 13.7. The van der Waals surface area contributed by atoms with Gasteiger partial charge in [-0.05, 0) is 38.3 Å². The fourth-order valence-electron chi connectivity index (χ4n) is 2.87. The van der Waals surface area contributed by atoms with Gasteiger partial charge in [0.15, 0.2) is 0 Å². The lowest BCUT2D eigenvalue weighted by molar-refractivity contribution is 0.263. The highest BCUT2D eigenvalue weighted by molar-refractivity contribution is 5.49. The molecule has 1 aliphatic rings. The number of aliphatic hydroxyl groups excluding tert-OH is 1. The minimum absolute atomic E-state index is 0.293. The van der Waals surface area contributed by atoms with Crippen LogP contribution in [0.4, 0.5) is 5.82 Å². The lowest BCUT2D eigenvalue weighted by atomic mass is 10.1. The van der Waals surface area contributed by atoms with E-state index in [1.54, 1.807) is 0 Å². The van der Waals surface area contributed by atoms with Crippen molar-refractivity contribution in [2.75, 3.05) is 31.1 Å². The summed E-state index contributed by atoms with van der Waals surface area (Å²) in [7, 11) is 0. The maximum absolute atomic E-state index is 9.05. The monoisotopic (exact) mass is 263 g/mol. The fourth-order valence-corrected chi connectivity index (χ4v) is 2.87. The van der Waals surface area contributed by atoms with Gasteiger partial charge < -0.3 is 15.3 Å². The molecule has 1 aromatic heterocycles. The quantitative estimate of drug-likeness (QED) is 0.824. The lowest BCUT2D eigenvalue weighted by Gasteiger charge is -2.24. The summed E-state index contributed by atoms with van der Waals surface area (Å²) in [6.45, 7) is 7.63. The molecule has 0 aliphatic carbocycles. The van der Waals surface area contributed by atoms with Gasteiger partial charge in [0, 0.05) is 37.5 Å². The minimum atomic E-state index is 0.293. The molecule has 1 aliphatic heterocycles. The first-order valence-electron chi connectivity index (χ1n) is 7.30. The predicted molar refractivity (Wildman–Crippen MR) is 78.4 cm³/mol. The van der Waals surface area contributed by atoms with Gasteiger partial charge in [0.25, 0.3) is 0 Å². The summed E-state index contributed by atoms with van der Waals surface area (Å²) in [5.74, 6) is 1.71. The largest absolute Gasteiger partial charge is 0.396 e. The molecule has 4 heteroatoms. The van der Waals surface area contributed by atoms with Crippen LogP contribution in [0.2, 0.25) is 0 Å². The van der Waals surface area contributed by atoms with Crippen LogP contribution in [0, 0.1) is 5.92 Å². The molecule has 2 atom stereocenters. The van der Waals surface area contributed by atoms with Gasteiger partial charge in [-0.25, -0.2) is 4.98 Å². The third-order valence-corrected chi connectivity index (χ3v) is 3.92. The number of nitrogens with one attached hydrogen (secondary N) is 1. The van der Waals surface area contributed by atoms with Crippen LogP contribution in [0.1, 0.15) is 38.3 Å². The van der Waals surface area contributed by atoms with Crippen molar-refractivity contribution < 1.29 is 5.11 Å². The lowest BCUT2D eigenvalue weighted by Crippen LogP contribution is -2.26. The number of nitrogens with zero attached hydrogens (tertiary/aromatic N) is 2. The first-order valence-corrected chi connectivity index (χ1v) is 7.30. The predicted octanol–water partition coefficient (Wildman–Crippen LogP) is 1.96. The molecule has 4 nitrogen and oxygen atoms in total. The molecule has 2 rings (SSSR count). The second kappa shape index (κ2) is 6.87. The average molecular weight is 263 g/mol. The van der Waals surface area contributed by atoms with Crippen molar-refractivity contribution in [2.24, 2.45) is 5.92 Å². The molecule has 1 saturated heterocycles. The van der Waals surface area contributed by atoms with E-state index < -0.39 is 0 Å². The van der Waals surface area contributed by atoms with Crippen LogP contribution in [0.5, 0.6) is 0 Å². The summed E-state index contributed by atoms with van der Waals surface area (Å²) in [5, 5.41) is 12.5. The molecule has 0 spiro atoms. The zero-order valence-corrected chi connectivity index (χ0v) is 12.0. The van der Waals surface area contributed by atoms with Crippen molar-refractivity contribution in [2.45, 2.75) is 32.7 Å². The Morgan fingerprint density at radius 1 is 1.58 bits per heavy atom. The summed E-state index contributed by atoms with van der Waals surface area (Å²) in [6.07, 6.45) is 3.93. The van der Waals surface area contributed by atoms with Crippen molar-refractivity contribution in [1.29, 1.82) is 0 Å². The van der Waals surface area contributed by atoms with Gasteiger partial charge in [0.05, 0.1) is 0 Å². The molecule has 0 radical (unpaired) electrons. The van der Waals surface area contributed by atoms with Crippen LogP contribution < -0.4 is 10.2 Å². The van der Waals surface area contributed by atoms with Gasteiger partial charge in [0.1, 0.15) is 5.82 Å². The molecule has 0 aromatic carbocycles. The third kappa shape index (κ3) is 3.45. The number of aliphatic hydroxyl groups is 1. The number of hydrogen-bond acceptors (Lipinski definition) is 4. The number of pyridine rings is 1. The smallest absolute Gasteiger partial charge is 0.133 e.